The molecule has 1 saturated carbocycles. The zero-order valence-electron chi connectivity index (χ0n) is 11.1. The largest absolute Gasteiger partial charge is 0.445 e. The number of hydrogen-bond acceptors (Lipinski definition) is 4. The van der Waals surface area contributed by atoms with Crippen LogP contribution in [0.25, 0.3) is 0 Å². The Morgan fingerprint density at radius 1 is 1.59 bits per heavy atom. The SMILES string of the molecule is CCOC1CC(NCc2ncc(C)o2)C1(C)C. The number of oxazole rings is 1. The van der Waals surface area contributed by atoms with Crippen LogP contribution in [-0.4, -0.2) is 23.7 Å². The number of hydrogen-bond donors (Lipinski definition) is 1. The third kappa shape index (κ3) is 2.53. The maximum atomic E-state index is 5.70. The number of aromatic nitrogens is 1. The zero-order valence-corrected chi connectivity index (χ0v) is 11.1. The van der Waals surface area contributed by atoms with E-state index >= 15 is 0 Å². The molecule has 0 radical (unpaired) electrons. The van der Waals surface area contributed by atoms with Gasteiger partial charge in [0.2, 0.25) is 5.89 Å². The van der Waals surface area contributed by atoms with Gasteiger partial charge in [-0.05, 0) is 20.3 Å². The van der Waals surface area contributed by atoms with Crippen molar-refractivity contribution in [3.8, 4) is 0 Å². The average Bonchev–Trinajstić information content (AvgIpc) is 2.68. The minimum absolute atomic E-state index is 0.192. The molecular weight excluding hydrogens is 216 g/mol. The molecule has 1 aliphatic rings. The van der Waals surface area contributed by atoms with Crippen LogP contribution in [0.2, 0.25) is 0 Å². The van der Waals surface area contributed by atoms with Gasteiger partial charge in [0.1, 0.15) is 5.76 Å². The lowest BCUT2D eigenvalue weighted by atomic mass is 9.64. The summed E-state index contributed by atoms with van der Waals surface area (Å²) < 4.78 is 11.1. The lowest BCUT2D eigenvalue weighted by Crippen LogP contribution is -2.60. The summed E-state index contributed by atoms with van der Waals surface area (Å²) in [5.74, 6) is 1.63. The third-order valence-electron chi connectivity index (χ3n) is 3.71. The molecule has 0 bridgehead atoms. The van der Waals surface area contributed by atoms with E-state index in [1.165, 1.54) is 0 Å². The molecule has 1 N–H and O–H groups in total. The highest BCUT2D eigenvalue weighted by Crippen LogP contribution is 2.42. The predicted octanol–water partition coefficient (Wildman–Crippen LogP) is 2.28. The molecule has 1 fully saturated rings. The van der Waals surface area contributed by atoms with Crippen LogP contribution in [0.4, 0.5) is 0 Å². The van der Waals surface area contributed by atoms with E-state index < -0.39 is 0 Å². The fourth-order valence-corrected chi connectivity index (χ4v) is 2.41. The Morgan fingerprint density at radius 2 is 2.35 bits per heavy atom. The summed E-state index contributed by atoms with van der Waals surface area (Å²) in [6.07, 6.45) is 3.20. The van der Waals surface area contributed by atoms with Gasteiger partial charge in [0, 0.05) is 18.1 Å². The van der Waals surface area contributed by atoms with Gasteiger partial charge in [-0.1, -0.05) is 13.8 Å². The monoisotopic (exact) mass is 238 g/mol. The zero-order chi connectivity index (χ0) is 12.5. The molecule has 17 heavy (non-hydrogen) atoms. The van der Waals surface area contributed by atoms with Crippen molar-refractivity contribution in [3.63, 3.8) is 0 Å². The topological polar surface area (TPSA) is 47.3 Å². The molecule has 96 valence electrons. The van der Waals surface area contributed by atoms with E-state index in [9.17, 15) is 0 Å². The Kier molecular flexibility index (Phi) is 3.54. The van der Waals surface area contributed by atoms with Gasteiger partial charge in [0.25, 0.3) is 0 Å². The summed E-state index contributed by atoms with van der Waals surface area (Å²) in [5, 5.41) is 3.49. The van der Waals surface area contributed by atoms with Crippen LogP contribution >= 0.6 is 0 Å². The molecule has 1 aliphatic carbocycles. The standard InChI is InChI=1S/C13H22N2O2/c1-5-16-11-6-10(13(11,3)4)14-8-12-15-7-9(2)17-12/h7,10-11,14H,5-6,8H2,1-4H3. The van der Waals surface area contributed by atoms with Crippen LogP contribution in [0.3, 0.4) is 0 Å². The van der Waals surface area contributed by atoms with Gasteiger partial charge in [-0.15, -0.1) is 0 Å². The van der Waals surface area contributed by atoms with Gasteiger partial charge < -0.3 is 14.5 Å². The van der Waals surface area contributed by atoms with Crippen LogP contribution in [0, 0.1) is 12.3 Å². The summed E-state index contributed by atoms with van der Waals surface area (Å²) >= 11 is 0. The lowest BCUT2D eigenvalue weighted by Gasteiger charge is -2.51. The molecule has 0 spiro atoms. The summed E-state index contributed by atoms with van der Waals surface area (Å²) in [4.78, 5) is 4.19. The molecule has 0 saturated heterocycles. The molecule has 4 heteroatoms. The number of rotatable bonds is 5. The van der Waals surface area contributed by atoms with Crippen molar-refractivity contribution in [2.24, 2.45) is 5.41 Å². The Morgan fingerprint density at radius 3 is 2.88 bits per heavy atom. The van der Waals surface area contributed by atoms with Gasteiger partial charge in [-0.25, -0.2) is 4.98 Å². The van der Waals surface area contributed by atoms with E-state index in [-0.39, 0.29) is 5.41 Å². The molecule has 2 rings (SSSR count). The molecule has 1 aromatic rings. The first kappa shape index (κ1) is 12.6. The number of nitrogens with zero attached hydrogens (tertiary/aromatic N) is 1. The van der Waals surface area contributed by atoms with Crippen molar-refractivity contribution in [1.82, 2.24) is 10.3 Å². The second kappa shape index (κ2) is 4.78. The molecule has 2 atom stereocenters. The Bertz CT molecular complexity index is 373. The fourth-order valence-electron chi connectivity index (χ4n) is 2.41. The molecule has 0 aromatic carbocycles. The number of aryl methyl sites for hydroxylation is 1. The normalized spacial score (nSPS) is 26.8. The van der Waals surface area contributed by atoms with Crippen LogP contribution in [0.15, 0.2) is 10.6 Å². The Hall–Kier alpha value is -0.870. The van der Waals surface area contributed by atoms with Crippen molar-refractivity contribution in [2.45, 2.75) is 52.8 Å². The van der Waals surface area contributed by atoms with Crippen LogP contribution in [0.5, 0.6) is 0 Å². The summed E-state index contributed by atoms with van der Waals surface area (Å²) in [6.45, 7) is 9.94. The first-order chi connectivity index (χ1) is 8.04. The quantitative estimate of drug-likeness (QED) is 0.855. The van der Waals surface area contributed by atoms with Crippen LogP contribution in [-0.2, 0) is 11.3 Å². The first-order valence-corrected chi connectivity index (χ1v) is 6.30. The maximum absolute atomic E-state index is 5.70. The molecule has 4 nitrogen and oxygen atoms in total. The molecule has 0 amide bonds. The third-order valence-corrected chi connectivity index (χ3v) is 3.71. The number of nitrogens with one attached hydrogen (secondary N) is 1. The molecule has 1 aromatic heterocycles. The summed E-state index contributed by atoms with van der Waals surface area (Å²) in [6, 6.07) is 0.478. The molecule has 1 heterocycles. The molecular formula is C13H22N2O2. The van der Waals surface area contributed by atoms with Crippen molar-refractivity contribution in [1.29, 1.82) is 0 Å². The second-order valence-electron chi connectivity index (χ2n) is 5.30. The van der Waals surface area contributed by atoms with Crippen LogP contribution in [0.1, 0.15) is 38.8 Å². The number of ether oxygens (including phenoxy) is 1. The summed E-state index contributed by atoms with van der Waals surface area (Å²) in [7, 11) is 0. The second-order valence-corrected chi connectivity index (χ2v) is 5.30. The average molecular weight is 238 g/mol. The minimum Gasteiger partial charge on any atom is -0.445 e. The van der Waals surface area contributed by atoms with Gasteiger partial charge >= 0.3 is 0 Å². The first-order valence-electron chi connectivity index (χ1n) is 6.30. The maximum Gasteiger partial charge on any atom is 0.208 e. The van der Waals surface area contributed by atoms with Gasteiger partial charge in [0.05, 0.1) is 18.8 Å². The van der Waals surface area contributed by atoms with Crippen LogP contribution < -0.4 is 5.32 Å². The minimum atomic E-state index is 0.192. The van der Waals surface area contributed by atoms with E-state index in [0.717, 1.165) is 24.7 Å². The van der Waals surface area contributed by atoms with E-state index in [1.807, 2.05) is 13.8 Å². The van der Waals surface area contributed by atoms with E-state index in [1.54, 1.807) is 6.20 Å². The van der Waals surface area contributed by atoms with Crippen molar-refractivity contribution in [3.05, 3.63) is 17.8 Å². The fraction of sp³-hybridized carbons (Fsp3) is 0.769. The Labute approximate surface area is 103 Å². The van der Waals surface area contributed by atoms with Crippen molar-refractivity contribution >= 4 is 0 Å². The van der Waals surface area contributed by atoms with E-state index in [2.05, 4.69) is 24.1 Å². The van der Waals surface area contributed by atoms with Gasteiger partial charge in [-0.3, -0.25) is 0 Å². The predicted molar refractivity (Wildman–Crippen MR) is 65.7 cm³/mol. The van der Waals surface area contributed by atoms with E-state index in [0.29, 0.717) is 18.7 Å². The lowest BCUT2D eigenvalue weighted by molar-refractivity contribution is -0.114. The molecule has 2 unspecified atom stereocenters. The summed E-state index contributed by atoms with van der Waals surface area (Å²) in [5.41, 5.74) is 0.192. The highest BCUT2D eigenvalue weighted by atomic mass is 16.5. The van der Waals surface area contributed by atoms with E-state index in [4.69, 9.17) is 9.15 Å². The van der Waals surface area contributed by atoms with Crippen molar-refractivity contribution < 1.29 is 9.15 Å². The highest BCUT2D eigenvalue weighted by Gasteiger charge is 2.48. The van der Waals surface area contributed by atoms with Gasteiger partial charge in [0.15, 0.2) is 0 Å². The molecule has 0 aliphatic heterocycles. The van der Waals surface area contributed by atoms with Crippen molar-refractivity contribution in [2.75, 3.05) is 6.61 Å². The smallest absolute Gasteiger partial charge is 0.208 e. The Balaban J connectivity index is 1.82. The highest BCUT2D eigenvalue weighted by molar-refractivity contribution is 5.03. The van der Waals surface area contributed by atoms with Gasteiger partial charge in [-0.2, -0.15) is 0 Å².